The Morgan fingerprint density at radius 2 is 2.00 bits per heavy atom. The predicted octanol–water partition coefficient (Wildman–Crippen LogP) is 2.16. The Bertz CT molecular complexity index is 464. The maximum atomic E-state index is 12.2. The number of hydrogen-bond donors (Lipinski definition) is 3. The van der Waals surface area contributed by atoms with Crippen molar-refractivity contribution in [3.63, 3.8) is 0 Å². The Morgan fingerprint density at radius 1 is 1.33 bits per heavy atom. The fourth-order valence-electron chi connectivity index (χ4n) is 1.51. The van der Waals surface area contributed by atoms with E-state index >= 15 is 0 Å². The van der Waals surface area contributed by atoms with Gasteiger partial charge in [-0.3, -0.25) is 0 Å². The van der Waals surface area contributed by atoms with E-state index < -0.39 is 18.5 Å². The van der Waals surface area contributed by atoms with E-state index in [1.54, 1.807) is 13.0 Å². The summed E-state index contributed by atoms with van der Waals surface area (Å²) in [6, 6.07) is 5.03. The Labute approximate surface area is 120 Å². The van der Waals surface area contributed by atoms with E-state index in [2.05, 4.69) is 15.4 Å². The van der Waals surface area contributed by atoms with Gasteiger partial charge in [-0.15, -0.1) is 13.2 Å². The molecule has 0 fully saturated rings. The maximum absolute atomic E-state index is 12.2. The van der Waals surface area contributed by atoms with E-state index in [4.69, 9.17) is 5.11 Å². The molecule has 0 radical (unpaired) electrons. The van der Waals surface area contributed by atoms with Crippen LogP contribution in [0, 0.1) is 0 Å². The summed E-state index contributed by atoms with van der Waals surface area (Å²) in [5.41, 5.74) is 0.209. The molecule has 0 aliphatic carbocycles. The highest BCUT2D eigenvalue weighted by Gasteiger charge is 2.31. The van der Waals surface area contributed by atoms with E-state index in [-0.39, 0.29) is 24.4 Å². The average molecular weight is 306 g/mol. The quantitative estimate of drug-likeness (QED) is 0.754. The number of hydrogen-bond acceptors (Lipinski definition) is 3. The lowest BCUT2D eigenvalue weighted by Crippen LogP contribution is -2.36. The number of nitrogens with one attached hydrogen (secondary N) is 2. The number of aliphatic hydroxyl groups excluding tert-OH is 1. The molecule has 1 aromatic carbocycles. The molecule has 0 aromatic heterocycles. The molecule has 0 heterocycles. The van der Waals surface area contributed by atoms with Crippen molar-refractivity contribution in [2.45, 2.75) is 32.4 Å². The highest BCUT2D eigenvalue weighted by atomic mass is 19.4. The fourth-order valence-corrected chi connectivity index (χ4v) is 1.51. The van der Waals surface area contributed by atoms with Gasteiger partial charge in [-0.25, -0.2) is 4.79 Å². The molecule has 1 atom stereocenters. The van der Waals surface area contributed by atoms with E-state index in [9.17, 15) is 18.0 Å². The Kier molecular flexibility index (Phi) is 6.29. The lowest BCUT2D eigenvalue weighted by Gasteiger charge is -2.14. The third kappa shape index (κ3) is 7.40. The third-order valence-corrected chi connectivity index (χ3v) is 2.49. The van der Waals surface area contributed by atoms with Crippen LogP contribution in [0.1, 0.15) is 18.9 Å². The molecule has 118 valence electrons. The summed E-state index contributed by atoms with van der Waals surface area (Å²) >= 11 is 0. The Hall–Kier alpha value is -1.96. The first-order valence-electron chi connectivity index (χ1n) is 6.31. The second kappa shape index (κ2) is 7.72. The summed E-state index contributed by atoms with van der Waals surface area (Å²) in [5.74, 6) is -0.353. The van der Waals surface area contributed by atoms with Crippen molar-refractivity contribution < 1.29 is 27.8 Å². The molecule has 2 amide bonds. The van der Waals surface area contributed by atoms with Gasteiger partial charge >= 0.3 is 12.4 Å². The second-order valence-electron chi connectivity index (χ2n) is 4.40. The van der Waals surface area contributed by atoms with E-state index in [1.807, 2.05) is 0 Å². The molecule has 0 bridgehead atoms. The van der Waals surface area contributed by atoms with Gasteiger partial charge in [0.15, 0.2) is 0 Å². The van der Waals surface area contributed by atoms with Crippen molar-refractivity contribution in [2.75, 3.05) is 6.54 Å². The van der Waals surface area contributed by atoms with E-state index in [0.29, 0.717) is 6.42 Å². The number of para-hydroxylation sites is 1. The van der Waals surface area contributed by atoms with Crippen LogP contribution < -0.4 is 15.4 Å². The van der Waals surface area contributed by atoms with Crippen molar-refractivity contribution in [3.05, 3.63) is 29.8 Å². The van der Waals surface area contributed by atoms with Crippen molar-refractivity contribution >= 4 is 6.03 Å². The molecule has 0 aliphatic rings. The molecule has 3 N–H and O–H groups in total. The summed E-state index contributed by atoms with van der Waals surface area (Å²) in [4.78, 5) is 11.4. The van der Waals surface area contributed by atoms with Crippen LogP contribution in [0.15, 0.2) is 24.3 Å². The fraction of sp³-hybridized carbons (Fsp3) is 0.462. The summed E-state index contributed by atoms with van der Waals surface area (Å²) in [6.45, 7) is 1.75. The van der Waals surface area contributed by atoms with Gasteiger partial charge in [-0.1, -0.05) is 18.2 Å². The van der Waals surface area contributed by atoms with E-state index in [1.165, 1.54) is 18.2 Å². The summed E-state index contributed by atoms with van der Waals surface area (Å²) in [7, 11) is 0. The highest BCUT2D eigenvalue weighted by Crippen LogP contribution is 2.25. The van der Waals surface area contributed by atoms with Gasteiger partial charge in [0.1, 0.15) is 5.75 Å². The van der Waals surface area contributed by atoms with Crippen molar-refractivity contribution in [3.8, 4) is 5.75 Å². The predicted molar refractivity (Wildman–Crippen MR) is 69.7 cm³/mol. The van der Waals surface area contributed by atoms with Crippen molar-refractivity contribution in [1.29, 1.82) is 0 Å². The second-order valence-corrected chi connectivity index (χ2v) is 4.40. The zero-order chi connectivity index (χ0) is 15.9. The molecule has 0 spiro atoms. The zero-order valence-electron chi connectivity index (χ0n) is 11.4. The SMILES string of the molecule is CC(O)CCNC(=O)NCc1ccccc1OC(F)(F)F. The van der Waals surface area contributed by atoms with Crippen LogP contribution in [0.5, 0.6) is 5.75 Å². The topological polar surface area (TPSA) is 70.6 Å². The molecular weight excluding hydrogens is 289 g/mol. The average Bonchev–Trinajstić information content (AvgIpc) is 2.35. The van der Waals surface area contributed by atoms with Crippen LogP contribution in [0.4, 0.5) is 18.0 Å². The first-order chi connectivity index (χ1) is 9.78. The molecule has 0 saturated carbocycles. The molecule has 0 aliphatic heterocycles. The maximum Gasteiger partial charge on any atom is 0.573 e. The number of benzene rings is 1. The number of urea groups is 1. The smallest absolute Gasteiger partial charge is 0.405 e. The largest absolute Gasteiger partial charge is 0.573 e. The van der Waals surface area contributed by atoms with Crippen LogP contribution in [-0.4, -0.2) is 30.1 Å². The Balaban J connectivity index is 2.49. The first-order valence-corrected chi connectivity index (χ1v) is 6.31. The number of amides is 2. The van der Waals surface area contributed by atoms with Crippen LogP contribution in [-0.2, 0) is 6.54 Å². The molecule has 21 heavy (non-hydrogen) atoms. The van der Waals surface area contributed by atoms with Crippen LogP contribution in [0.3, 0.4) is 0 Å². The van der Waals surface area contributed by atoms with Gasteiger partial charge in [0.2, 0.25) is 0 Å². The first kappa shape index (κ1) is 17.1. The zero-order valence-corrected chi connectivity index (χ0v) is 11.4. The number of halogens is 3. The van der Waals surface area contributed by atoms with Crippen LogP contribution in [0.25, 0.3) is 0 Å². The van der Waals surface area contributed by atoms with Gasteiger partial charge in [-0.2, -0.15) is 0 Å². The van der Waals surface area contributed by atoms with Crippen molar-refractivity contribution in [2.24, 2.45) is 0 Å². The standard InChI is InChI=1S/C13H17F3N2O3/c1-9(19)6-7-17-12(20)18-8-10-4-2-3-5-11(10)21-13(14,15)16/h2-5,9,19H,6-8H2,1H3,(H2,17,18,20). The van der Waals surface area contributed by atoms with Crippen molar-refractivity contribution in [1.82, 2.24) is 10.6 Å². The number of alkyl halides is 3. The van der Waals surface area contributed by atoms with Crippen LogP contribution >= 0.6 is 0 Å². The van der Waals surface area contributed by atoms with Gasteiger partial charge in [-0.05, 0) is 19.4 Å². The highest BCUT2D eigenvalue weighted by molar-refractivity contribution is 5.73. The van der Waals surface area contributed by atoms with Gasteiger partial charge in [0, 0.05) is 18.7 Å². The van der Waals surface area contributed by atoms with Gasteiger partial charge < -0.3 is 20.5 Å². The van der Waals surface area contributed by atoms with E-state index in [0.717, 1.165) is 0 Å². The summed E-state index contributed by atoms with van der Waals surface area (Å²) in [6.07, 6.45) is -4.93. The summed E-state index contributed by atoms with van der Waals surface area (Å²) in [5, 5.41) is 13.9. The minimum Gasteiger partial charge on any atom is -0.405 e. The number of aliphatic hydroxyl groups is 1. The molecule has 1 unspecified atom stereocenters. The Morgan fingerprint density at radius 3 is 2.62 bits per heavy atom. The third-order valence-electron chi connectivity index (χ3n) is 2.49. The molecule has 1 aromatic rings. The van der Waals surface area contributed by atoms with Gasteiger partial charge in [0.25, 0.3) is 0 Å². The lowest BCUT2D eigenvalue weighted by molar-refractivity contribution is -0.274. The normalized spacial score (nSPS) is 12.6. The molecule has 1 rings (SSSR count). The van der Waals surface area contributed by atoms with Gasteiger partial charge in [0.05, 0.1) is 6.10 Å². The number of rotatable bonds is 6. The number of carbonyl (C=O) groups is 1. The number of ether oxygens (including phenoxy) is 1. The summed E-state index contributed by atoms with van der Waals surface area (Å²) < 4.78 is 40.5. The van der Waals surface area contributed by atoms with Crippen LogP contribution in [0.2, 0.25) is 0 Å². The molecule has 0 saturated heterocycles. The minimum absolute atomic E-state index is 0.104. The molecule has 8 heteroatoms. The number of carbonyl (C=O) groups excluding carboxylic acids is 1. The molecular formula is C13H17F3N2O3. The lowest BCUT2D eigenvalue weighted by atomic mass is 10.2. The minimum atomic E-state index is -4.78. The monoisotopic (exact) mass is 306 g/mol. The molecule has 5 nitrogen and oxygen atoms in total.